The number of benzene rings is 1. The average molecular weight is 518 g/mol. The molecular formula is C28H38ClF2N5. The first kappa shape index (κ1) is 26.8. The molecule has 5 nitrogen and oxygen atoms in total. The summed E-state index contributed by atoms with van der Waals surface area (Å²) >= 11 is 5.92. The van der Waals surface area contributed by atoms with Crippen molar-refractivity contribution >= 4 is 17.4 Å². The number of allylic oxidation sites excluding steroid dienone is 1. The fraction of sp³-hybridized carbons (Fsp3) is 0.536. The largest absolute Gasteiger partial charge is 0.350 e. The van der Waals surface area contributed by atoms with E-state index in [1.807, 2.05) is 0 Å². The van der Waals surface area contributed by atoms with E-state index < -0.39 is 0 Å². The highest BCUT2D eigenvalue weighted by atomic mass is 35.5. The minimum Gasteiger partial charge on any atom is -0.350 e. The number of nitrogens with one attached hydrogen (secondary N) is 2. The van der Waals surface area contributed by atoms with Crippen LogP contribution in [0.4, 0.5) is 14.6 Å². The lowest BCUT2D eigenvalue weighted by Crippen LogP contribution is -2.50. The minimum absolute atomic E-state index is 0.0493. The molecule has 3 atom stereocenters. The fourth-order valence-electron chi connectivity index (χ4n) is 5.37. The van der Waals surface area contributed by atoms with Gasteiger partial charge in [-0.15, -0.1) is 0 Å². The van der Waals surface area contributed by atoms with Crippen LogP contribution in [0.1, 0.15) is 58.7 Å². The lowest BCUT2D eigenvalue weighted by Gasteiger charge is -2.37. The van der Waals surface area contributed by atoms with E-state index >= 15 is 0 Å². The highest BCUT2D eigenvalue weighted by Gasteiger charge is 2.30. The third-order valence-corrected chi connectivity index (χ3v) is 7.52. The summed E-state index contributed by atoms with van der Waals surface area (Å²) in [7, 11) is 0. The summed E-state index contributed by atoms with van der Waals surface area (Å²) in [6, 6.07) is 8.72. The zero-order valence-corrected chi connectivity index (χ0v) is 22.7. The standard InChI is InChI=1S/C28H38ClF2N5/c1-18-15-20(11-13-35(18)14-12-21-7-6-8-22(29)27(21)31)17-24-23(30)9-10-25(32-24)33-26-16-19(2)36(34-26)28(3,4)5/h6-10,16,18,20,26,34H,11-15,17H2,1-5H3,(H,32,33)/t18-,20?,26?/m1/s1. The number of hydrazine groups is 1. The van der Waals surface area contributed by atoms with Gasteiger partial charge in [0, 0.05) is 23.8 Å². The first-order valence-corrected chi connectivity index (χ1v) is 13.2. The van der Waals surface area contributed by atoms with Crippen molar-refractivity contribution in [2.24, 2.45) is 5.92 Å². The lowest BCUT2D eigenvalue weighted by molar-refractivity contribution is 0.123. The number of halogens is 3. The zero-order chi connectivity index (χ0) is 26.0. The van der Waals surface area contributed by atoms with E-state index in [9.17, 15) is 8.78 Å². The number of hydrogen-bond acceptors (Lipinski definition) is 5. The van der Waals surface area contributed by atoms with E-state index in [0.717, 1.165) is 31.6 Å². The smallest absolute Gasteiger partial charge is 0.145 e. The van der Waals surface area contributed by atoms with E-state index in [2.05, 4.69) is 66.3 Å². The Hall–Kier alpha value is -2.22. The van der Waals surface area contributed by atoms with Crippen molar-refractivity contribution in [2.75, 3.05) is 18.4 Å². The molecule has 3 heterocycles. The van der Waals surface area contributed by atoms with Gasteiger partial charge in [-0.25, -0.2) is 19.2 Å². The second kappa shape index (κ2) is 11.0. The molecule has 1 aromatic heterocycles. The maximum absolute atomic E-state index is 14.7. The molecule has 0 bridgehead atoms. The van der Waals surface area contributed by atoms with Gasteiger partial charge in [0.1, 0.15) is 23.6 Å². The minimum atomic E-state index is -0.318. The molecule has 1 fully saturated rings. The van der Waals surface area contributed by atoms with Crippen molar-refractivity contribution < 1.29 is 8.78 Å². The maximum Gasteiger partial charge on any atom is 0.145 e. The van der Waals surface area contributed by atoms with Gasteiger partial charge in [0.25, 0.3) is 0 Å². The lowest BCUT2D eigenvalue weighted by atomic mass is 9.87. The fourth-order valence-corrected chi connectivity index (χ4v) is 5.57. The molecule has 2 aliphatic heterocycles. The van der Waals surface area contributed by atoms with Gasteiger partial charge in [0.2, 0.25) is 0 Å². The summed E-state index contributed by atoms with van der Waals surface area (Å²) in [5, 5.41) is 5.68. The predicted octanol–water partition coefficient (Wildman–Crippen LogP) is 6.16. The van der Waals surface area contributed by atoms with Gasteiger partial charge in [-0.3, -0.25) is 0 Å². The number of hydrogen-bond donors (Lipinski definition) is 2. The number of piperidine rings is 1. The summed E-state index contributed by atoms with van der Waals surface area (Å²) in [4.78, 5) is 7.03. The van der Waals surface area contributed by atoms with Crippen molar-refractivity contribution in [3.05, 3.63) is 70.0 Å². The molecule has 196 valence electrons. The van der Waals surface area contributed by atoms with Gasteiger partial charge in [-0.05, 0) is 103 Å². The highest BCUT2D eigenvalue weighted by Crippen LogP contribution is 2.28. The molecule has 4 rings (SSSR count). The molecule has 0 aliphatic carbocycles. The summed E-state index contributed by atoms with van der Waals surface area (Å²) in [6.45, 7) is 12.4. The summed E-state index contributed by atoms with van der Waals surface area (Å²) in [5.74, 6) is 0.452. The van der Waals surface area contributed by atoms with Gasteiger partial charge >= 0.3 is 0 Å². The van der Waals surface area contributed by atoms with Crippen LogP contribution in [0.2, 0.25) is 5.02 Å². The Morgan fingerprint density at radius 3 is 2.67 bits per heavy atom. The van der Waals surface area contributed by atoms with Gasteiger partial charge in [0.05, 0.1) is 10.7 Å². The van der Waals surface area contributed by atoms with E-state index in [1.165, 1.54) is 6.07 Å². The summed E-state index contributed by atoms with van der Waals surface area (Å²) < 4.78 is 28.9. The van der Waals surface area contributed by atoms with Crippen LogP contribution in [-0.2, 0) is 12.8 Å². The van der Waals surface area contributed by atoms with Crippen molar-refractivity contribution in [1.29, 1.82) is 0 Å². The Balaban J connectivity index is 1.32. The molecular weight excluding hydrogens is 480 g/mol. The molecule has 2 unspecified atom stereocenters. The topological polar surface area (TPSA) is 43.4 Å². The first-order valence-electron chi connectivity index (χ1n) is 12.8. The average Bonchev–Trinajstić information content (AvgIpc) is 3.18. The molecule has 0 amide bonds. The Bertz CT molecular complexity index is 1100. The second-order valence-electron chi connectivity index (χ2n) is 11.1. The van der Waals surface area contributed by atoms with Gasteiger partial charge in [-0.1, -0.05) is 23.7 Å². The summed E-state index contributed by atoms with van der Waals surface area (Å²) in [6.07, 6.45) is 5.19. The van der Waals surface area contributed by atoms with Gasteiger partial charge < -0.3 is 15.2 Å². The molecule has 0 radical (unpaired) electrons. The SMILES string of the molecule is CC1=CC(Nc2ccc(F)c(CC3CCN(CCc4cccc(Cl)c4F)[C@H](C)C3)n2)NN1C(C)(C)C. The zero-order valence-electron chi connectivity index (χ0n) is 21.9. The third kappa shape index (κ3) is 6.36. The second-order valence-corrected chi connectivity index (χ2v) is 11.5. The van der Waals surface area contributed by atoms with Gasteiger partial charge in [-0.2, -0.15) is 0 Å². The Morgan fingerprint density at radius 2 is 1.97 bits per heavy atom. The van der Waals surface area contributed by atoms with Crippen molar-refractivity contribution in [1.82, 2.24) is 20.3 Å². The first-order chi connectivity index (χ1) is 17.0. The van der Waals surface area contributed by atoms with Crippen LogP contribution in [0.3, 0.4) is 0 Å². The molecule has 0 spiro atoms. The van der Waals surface area contributed by atoms with E-state index in [1.54, 1.807) is 24.3 Å². The van der Waals surface area contributed by atoms with Crippen molar-refractivity contribution in [3.63, 3.8) is 0 Å². The molecule has 2 N–H and O–H groups in total. The monoisotopic (exact) mass is 517 g/mol. The molecule has 8 heteroatoms. The third-order valence-electron chi connectivity index (χ3n) is 7.23. The summed E-state index contributed by atoms with van der Waals surface area (Å²) in [5.41, 5.74) is 5.70. The van der Waals surface area contributed by atoms with E-state index in [4.69, 9.17) is 11.6 Å². The van der Waals surface area contributed by atoms with Crippen LogP contribution in [0.25, 0.3) is 0 Å². The Kier molecular flexibility index (Phi) is 8.22. The van der Waals surface area contributed by atoms with Crippen LogP contribution in [0.15, 0.2) is 42.1 Å². The highest BCUT2D eigenvalue weighted by molar-refractivity contribution is 6.30. The molecule has 2 aromatic rings. The predicted molar refractivity (Wildman–Crippen MR) is 143 cm³/mol. The Labute approximate surface area is 218 Å². The van der Waals surface area contributed by atoms with E-state index in [-0.39, 0.29) is 28.4 Å². The number of likely N-dealkylation sites (tertiary alicyclic amines) is 1. The molecule has 0 saturated carbocycles. The molecule has 1 aromatic carbocycles. The van der Waals surface area contributed by atoms with Crippen LogP contribution in [0.5, 0.6) is 0 Å². The molecule has 1 saturated heterocycles. The quantitative estimate of drug-likeness (QED) is 0.460. The van der Waals surface area contributed by atoms with Crippen LogP contribution < -0.4 is 10.7 Å². The molecule has 2 aliphatic rings. The maximum atomic E-state index is 14.7. The van der Waals surface area contributed by atoms with Crippen LogP contribution in [0, 0.1) is 17.6 Å². The van der Waals surface area contributed by atoms with Crippen LogP contribution >= 0.6 is 11.6 Å². The van der Waals surface area contributed by atoms with Crippen molar-refractivity contribution in [3.8, 4) is 0 Å². The number of aromatic nitrogens is 1. The number of rotatable bonds is 7. The normalized spacial score (nSPS) is 23.2. The number of anilines is 1. The number of nitrogens with zero attached hydrogens (tertiary/aromatic N) is 3. The molecule has 36 heavy (non-hydrogen) atoms. The van der Waals surface area contributed by atoms with Crippen LogP contribution in [-0.4, -0.2) is 45.7 Å². The number of pyridine rings is 1. The van der Waals surface area contributed by atoms with Crippen molar-refractivity contribution in [2.45, 2.75) is 78.0 Å². The Morgan fingerprint density at radius 1 is 1.19 bits per heavy atom. The van der Waals surface area contributed by atoms with Gasteiger partial charge in [0.15, 0.2) is 0 Å². The van der Waals surface area contributed by atoms with E-state index in [0.29, 0.717) is 41.9 Å².